The van der Waals surface area contributed by atoms with E-state index < -0.39 is 18.6 Å². The molecule has 0 unspecified atom stereocenters. The molecule has 1 heterocycles. The number of nitrogens with zero attached hydrogens (tertiary/aromatic N) is 3. The van der Waals surface area contributed by atoms with E-state index in [-0.39, 0.29) is 5.69 Å². The van der Waals surface area contributed by atoms with E-state index in [1.165, 1.54) is 0 Å². The van der Waals surface area contributed by atoms with Gasteiger partial charge in [0.05, 0.1) is 12.8 Å². The molecule has 0 amide bonds. The summed E-state index contributed by atoms with van der Waals surface area (Å²) >= 11 is 0. The van der Waals surface area contributed by atoms with Gasteiger partial charge in [0.2, 0.25) is 0 Å². The van der Waals surface area contributed by atoms with Crippen LogP contribution in [0, 0.1) is 0 Å². The third kappa shape index (κ3) is 1.88. The highest BCUT2D eigenvalue weighted by Gasteiger charge is 2.34. The van der Waals surface area contributed by atoms with Gasteiger partial charge >= 0.3 is 6.18 Å². The predicted molar refractivity (Wildman–Crippen MR) is 30.8 cm³/mol. The van der Waals surface area contributed by atoms with E-state index in [0.717, 1.165) is 6.20 Å². The standard InChI is InChI=1S/C5H4F3N3O/c6-5(7,8)4-9-1-3(2-12)10-11-4/h1,12H,2H2. The third-order valence-electron chi connectivity index (χ3n) is 1.02. The monoisotopic (exact) mass is 179 g/mol. The number of aromatic nitrogens is 3. The second-order valence-corrected chi connectivity index (χ2v) is 1.93. The SMILES string of the molecule is OCc1cnc(C(F)(F)F)nn1. The number of aliphatic hydroxyl groups is 1. The number of rotatable bonds is 1. The average molecular weight is 179 g/mol. The van der Waals surface area contributed by atoms with Gasteiger partial charge in [0, 0.05) is 0 Å². The smallest absolute Gasteiger partial charge is 0.390 e. The molecule has 0 bridgehead atoms. The highest BCUT2D eigenvalue weighted by atomic mass is 19.4. The van der Waals surface area contributed by atoms with E-state index in [1.54, 1.807) is 0 Å². The minimum Gasteiger partial charge on any atom is -0.390 e. The van der Waals surface area contributed by atoms with Crippen molar-refractivity contribution in [3.8, 4) is 0 Å². The number of alkyl halides is 3. The third-order valence-corrected chi connectivity index (χ3v) is 1.02. The highest BCUT2D eigenvalue weighted by Crippen LogP contribution is 2.24. The lowest BCUT2D eigenvalue weighted by Gasteiger charge is -2.02. The van der Waals surface area contributed by atoms with Gasteiger partial charge in [-0.3, -0.25) is 0 Å². The van der Waals surface area contributed by atoms with Crippen LogP contribution >= 0.6 is 0 Å². The van der Waals surface area contributed by atoms with Crippen LogP contribution in [0.1, 0.15) is 11.5 Å². The van der Waals surface area contributed by atoms with Gasteiger partial charge in [0.25, 0.3) is 5.82 Å². The zero-order valence-electron chi connectivity index (χ0n) is 5.71. The molecule has 0 atom stereocenters. The second kappa shape index (κ2) is 3.02. The Labute approximate surface area is 65.1 Å². The Kier molecular flexibility index (Phi) is 2.22. The number of halogens is 3. The zero-order chi connectivity index (χ0) is 9.19. The molecule has 0 saturated carbocycles. The van der Waals surface area contributed by atoms with E-state index in [1.807, 2.05) is 0 Å². The van der Waals surface area contributed by atoms with Crippen LogP contribution < -0.4 is 0 Å². The average Bonchev–Trinajstić information content (AvgIpc) is 2.03. The fourth-order valence-electron chi connectivity index (χ4n) is 0.501. The van der Waals surface area contributed by atoms with Crippen molar-refractivity contribution in [2.75, 3.05) is 0 Å². The van der Waals surface area contributed by atoms with Crippen LogP contribution in [0.2, 0.25) is 0 Å². The molecule has 1 N–H and O–H groups in total. The highest BCUT2D eigenvalue weighted by molar-refractivity contribution is 4.94. The second-order valence-electron chi connectivity index (χ2n) is 1.93. The summed E-state index contributed by atoms with van der Waals surface area (Å²) in [7, 11) is 0. The van der Waals surface area contributed by atoms with Crippen LogP contribution in [-0.2, 0) is 12.8 Å². The van der Waals surface area contributed by atoms with E-state index in [4.69, 9.17) is 5.11 Å². The largest absolute Gasteiger partial charge is 0.453 e. The van der Waals surface area contributed by atoms with Crippen LogP contribution in [-0.4, -0.2) is 20.3 Å². The number of hydrogen-bond donors (Lipinski definition) is 1. The van der Waals surface area contributed by atoms with Crippen LogP contribution in [0.25, 0.3) is 0 Å². The van der Waals surface area contributed by atoms with Crippen LogP contribution in [0.3, 0.4) is 0 Å². The maximum atomic E-state index is 11.8. The first-order chi connectivity index (χ1) is 5.54. The quantitative estimate of drug-likeness (QED) is 0.677. The molecule has 66 valence electrons. The summed E-state index contributed by atoms with van der Waals surface area (Å²) in [6.45, 7) is -0.474. The van der Waals surface area contributed by atoms with Crippen molar-refractivity contribution in [3.63, 3.8) is 0 Å². The van der Waals surface area contributed by atoms with Crippen LogP contribution in [0.4, 0.5) is 13.2 Å². The molecular formula is C5H4F3N3O. The molecule has 1 rings (SSSR count). The summed E-state index contributed by atoms with van der Waals surface area (Å²) in [5.74, 6) is -1.31. The summed E-state index contributed by atoms with van der Waals surface area (Å²) in [6, 6.07) is 0. The van der Waals surface area contributed by atoms with E-state index in [2.05, 4.69) is 15.2 Å². The first-order valence-corrected chi connectivity index (χ1v) is 2.90. The Morgan fingerprint density at radius 3 is 2.33 bits per heavy atom. The molecule has 1 aromatic rings. The van der Waals surface area contributed by atoms with Crippen LogP contribution in [0.15, 0.2) is 6.20 Å². The fraction of sp³-hybridized carbons (Fsp3) is 0.400. The molecule has 0 fully saturated rings. The maximum Gasteiger partial charge on any atom is 0.453 e. The summed E-state index contributed by atoms with van der Waals surface area (Å²) < 4.78 is 35.4. The summed E-state index contributed by atoms with van der Waals surface area (Å²) in [5, 5.41) is 14.3. The molecule has 1 aromatic heterocycles. The van der Waals surface area contributed by atoms with Gasteiger partial charge < -0.3 is 5.11 Å². The van der Waals surface area contributed by atoms with Gasteiger partial charge in [0.15, 0.2) is 0 Å². The normalized spacial score (nSPS) is 11.7. The van der Waals surface area contributed by atoms with Gasteiger partial charge in [-0.05, 0) is 0 Å². The van der Waals surface area contributed by atoms with Gasteiger partial charge in [-0.1, -0.05) is 0 Å². The first-order valence-electron chi connectivity index (χ1n) is 2.90. The van der Waals surface area contributed by atoms with Gasteiger partial charge in [-0.2, -0.15) is 13.2 Å². The molecule has 0 radical (unpaired) electrons. The summed E-state index contributed by atoms with van der Waals surface area (Å²) in [6.07, 6.45) is -3.75. The van der Waals surface area contributed by atoms with Gasteiger partial charge in [-0.15, -0.1) is 10.2 Å². The Morgan fingerprint density at radius 1 is 1.33 bits per heavy atom. The number of hydrogen-bond acceptors (Lipinski definition) is 4. The Bertz CT molecular complexity index is 258. The molecule has 0 aliphatic rings. The van der Waals surface area contributed by atoms with Crippen molar-refractivity contribution in [2.45, 2.75) is 12.8 Å². The van der Waals surface area contributed by atoms with Crippen molar-refractivity contribution >= 4 is 0 Å². The number of aliphatic hydroxyl groups excluding tert-OH is 1. The summed E-state index contributed by atoms with van der Waals surface area (Å²) in [4.78, 5) is 2.96. The predicted octanol–water partition coefficient (Wildman–Crippen LogP) is 0.383. The van der Waals surface area contributed by atoms with E-state index in [0.29, 0.717) is 0 Å². The molecule has 0 spiro atoms. The molecule has 12 heavy (non-hydrogen) atoms. The van der Waals surface area contributed by atoms with Gasteiger partial charge in [0.1, 0.15) is 5.69 Å². The Hall–Kier alpha value is -1.24. The van der Waals surface area contributed by atoms with Crippen molar-refractivity contribution < 1.29 is 18.3 Å². The minimum absolute atomic E-state index is 0.00278. The maximum absolute atomic E-state index is 11.8. The molecule has 7 heteroatoms. The van der Waals surface area contributed by atoms with Crippen molar-refractivity contribution in [1.29, 1.82) is 0 Å². The molecule has 4 nitrogen and oxygen atoms in total. The van der Waals surface area contributed by atoms with Gasteiger partial charge in [-0.25, -0.2) is 4.98 Å². The van der Waals surface area contributed by atoms with Crippen molar-refractivity contribution in [1.82, 2.24) is 15.2 Å². The summed E-state index contributed by atoms with van der Waals surface area (Å²) in [5.41, 5.74) is 0.00278. The Balaban J connectivity index is 2.93. The fourth-order valence-corrected chi connectivity index (χ4v) is 0.501. The molecular weight excluding hydrogens is 175 g/mol. The van der Waals surface area contributed by atoms with Crippen molar-refractivity contribution in [2.24, 2.45) is 0 Å². The molecule has 0 aliphatic heterocycles. The topological polar surface area (TPSA) is 58.9 Å². The van der Waals surface area contributed by atoms with Crippen LogP contribution in [0.5, 0.6) is 0 Å². The zero-order valence-corrected chi connectivity index (χ0v) is 5.71. The van der Waals surface area contributed by atoms with Crippen molar-refractivity contribution in [3.05, 3.63) is 17.7 Å². The van der Waals surface area contributed by atoms with E-state index in [9.17, 15) is 13.2 Å². The van der Waals surface area contributed by atoms with E-state index >= 15 is 0 Å². The lowest BCUT2D eigenvalue weighted by molar-refractivity contribution is -0.145. The Morgan fingerprint density at radius 2 is 2.00 bits per heavy atom. The molecule has 0 aliphatic carbocycles. The lowest BCUT2D eigenvalue weighted by atomic mass is 10.5. The molecule has 0 aromatic carbocycles. The minimum atomic E-state index is -4.58. The first kappa shape index (κ1) is 8.85. The lowest BCUT2D eigenvalue weighted by Crippen LogP contribution is -2.12. The molecule has 0 saturated heterocycles.